The average molecular weight is 458 g/mol. The summed E-state index contributed by atoms with van der Waals surface area (Å²) < 4.78 is 5.95. The van der Waals surface area contributed by atoms with Gasteiger partial charge in [0, 0.05) is 16.8 Å². The smallest absolute Gasteiger partial charge is 0.257 e. The van der Waals surface area contributed by atoms with Gasteiger partial charge in [-0.25, -0.2) is 4.98 Å². The van der Waals surface area contributed by atoms with Crippen molar-refractivity contribution in [1.82, 2.24) is 10.3 Å². The highest BCUT2D eigenvalue weighted by molar-refractivity contribution is 7.80. The zero-order chi connectivity index (χ0) is 23.5. The molecule has 3 aromatic carbocycles. The molecule has 0 saturated carbocycles. The van der Waals surface area contributed by atoms with Gasteiger partial charge in [0.2, 0.25) is 5.89 Å². The molecule has 2 N–H and O–H groups in total. The molecule has 5 nitrogen and oxygen atoms in total. The summed E-state index contributed by atoms with van der Waals surface area (Å²) in [7, 11) is 0. The molecule has 1 aromatic heterocycles. The molecular formula is C27H27N3O2S. The summed E-state index contributed by atoms with van der Waals surface area (Å²) in [5.41, 5.74) is 7.16. The van der Waals surface area contributed by atoms with Crippen LogP contribution in [0.15, 0.2) is 65.1 Å². The number of fused-ring (bicyclic) bond motifs is 1. The second-order valence-electron chi connectivity index (χ2n) is 8.36. The number of anilines is 1. The van der Waals surface area contributed by atoms with Crippen LogP contribution in [0.2, 0.25) is 0 Å². The summed E-state index contributed by atoms with van der Waals surface area (Å²) in [4.78, 5) is 17.2. The van der Waals surface area contributed by atoms with Crippen molar-refractivity contribution in [2.45, 2.75) is 40.0 Å². The van der Waals surface area contributed by atoms with Crippen LogP contribution >= 0.6 is 12.2 Å². The lowest BCUT2D eigenvalue weighted by molar-refractivity contribution is 0.0977. The minimum Gasteiger partial charge on any atom is -0.436 e. The van der Waals surface area contributed by atoms with Gasteiger partial charge < -0.3 is 9.73 Å². The molecule has 0 saturated heterocycles. The lowest BCUT2D eigenvalue weighted by Crippen LogP contribution is -2.34. The molecule has 4 aromatic rings. The van der Waals surface area contributed by atoms with E-state index < -0.39 is 0 Å². The van der Waals surface area contributed by atoms with Crippen LogP contribution < -0.4 is 10.6 Å². The molecule has 0 aliphatic heterocycles. The number of nitrogens with zero attached hydrogens (tertiary/aromatic N) is 1. The Kier molecular flexibility index (Phi) is 6.56. The van der Waals surface area contributed by atoms with Crippen molar-refractivity contribution in [3.63, 3.8) is 0 Å². The van der Waals surface area contributed by atoms with Gasteiger partial charge in [0.05, 0.1) is 0 Å². The molecule has 1 unspecified atom stereocenters. The number of hydrogen-bond donors (Lipinski definition) is 2. The van der Waals surface area contributed by atoms with Crippen molar-refractivity contribution in [2.75, 3.05) is 5.32 Å². The highest BCUT2D eigenvalue weighted by atomic mass is 32.1. The first-order valence-electron chi connectivity index (χ1n) is 11.0. The summed E-state index contributed by atoms with van der Waals surface area (Å²) in [5, 5.41) is 6.03. The number of amides is 1. The van der Waals surface area contributed by atoms with Gasteiger partial charge in [0.1, 0.15) is 5.52 Å². The van der Waals surface area contributed by atoms with Crippen molar-refractivity contribution in [1.29, 1.82) is 0 Å². The fourth-order valence-electron chi connectivity index (χ4n) is 3.71. The fourth-order valence-corrected chi connectivity index (χ4v) is 3.92. The molecule has 0 radical (unpaired) electrons. The molecule has 0 aliphatic rings. The molecule has 0 spiro atoms. The number of aromatic nitrogens is 1. The Hall–Kier alpha value is -3.51. The molecule has 4 rings (SSSR count). The number of thiocarbonyl (C=S) groups is 1. The van der Waals surface area contributed by atoms with E-state index >= 15 is 0 Å². The van der Waals surface area contributed by atoms with E-state index in [1.165, 1.54) is 5.56 Å². The molecule has 0 aliphatic carbocycles. The van der Waals surface area contributed by atoms with Gasteiger partial charge in [0.25, 0.3) is 5.91 Å². The van der Waals surface area contributed by atoms with Gasteiger partial charge in [-0.2, -0.15) is 0 Å². The summed E-state index contributed by atoms with van der Waals surface area (Å²) >= 11 is 5.32. The van der Waals surface area contributed by atoms with Crippen LogP contribution in [0.25, 0.3) is 22.6 Å². The van der Waals surface area contributed by atoms with Crippen molar-refractivity contribution in [3.05, 3.63) is 82.9 Å². The largest absolute Gasteiger partial charge is 0.436 e. The van der Waals surface area contributed by atoms with Crippen molar-refractivity contribution in [3.8, 4) is 11.5 Å². The van der Waals surface area contributed by atoms with Gasteiger partial charge in [-0.05, 0) is 92.0 Å². The zero-order valence-corrected chi connectivity index (χ0v) is 20.0. The van der Waals surface area contributed by atoms with Crippen molar-refractivity contribution in [2.24, 2.45) is 0 Å². The van der Waals surface area contributed by atoms with E-state index in [0.29, 0.717) is 17.4 Å². The Bertz CT molecular complexity index is 1330. The van der Waals surface area contributed by atoms with E-state index in [1.54, 1.807) is 0 Å². The molecule has 1 heterocycles. The Morgan fingerprint density at radius 1 is 1.06 bits per heavy atom. The van der Waals surface area contributed by atoms with Crippen LogP contribution in [0.4, 0.5) is 5.69 Å². The quantitative estimate of drug-likeness (QED) is 0.324. The van der Waals surface area contributed by atoms with Crippen LogP contribution in [0.5, 0.6) is 0 Å². The number of carbonyl (C=O) groups is 1. The minimum atomic E-state index is -0.232. The maximum Gasteiger partial charge on any atom is 0.257 e. The van der Waals surface area contributed by atoms with Gasteiger partial charge in [-0.1, -0.05) is 37.6 Å². The molecule has 168 valence electrons. The van der Waals surface area contributed by atoms with E-state index in [9.17, 15) is 4.79 Å². The number of nitrogens with one attached hydrogen (secondary N) is 2. The number of carbonyl (C=O) groups excluding carboxylic acids is 1. The Morgan fingerprint density at radius 3 is 2.52 bits per heavy atom. The van der Waals surface area contributed by atoms with Crippen LogP contribution in [-0.4, -0.2) is 16.0 Å². The third kappa shape index (κ3) is 5.12. The van der Waals surface area contributed by atoms with Crippen LogP contribution in [0, 0.1) is 13.8 Å². The number of rotatable bonds is 5. The standard InChI is InChI=1S/C27H27N3O2S/c1-5-17(3)20-9-13-24-23(15-20)29-26(32-24)19-7-10-21(11-8-19)28-27(33)30-25(31)22-12-6-16(2)14-18(22)4/h6-15,17H,5H2,1-4H3,(H2,28,30,31,33). The van der Waals surface area contributed by atoms with Gasteiger partial charge in [-0.3, -0.25) is 10.1 Å². The minimum absolute atomic E-state index is 0.232. The normalized spacial score (nSPS) is 11.9. The summed E-state index contributed by atoms with van der Waals surface area (Å²) in [6.45, 7) is 8.30. The highest BCUT2D eigenvalue weighted by Crippen LogP contribution is 2.28. The number of aryl methyl sites for hydroxylation is 2. The van der Waals surface area contributed by atoms with E-state index in [1.807, 2.05) is 62.4 Å². The first-order chi connectivity index (χ1) is 15.8. The lowest BCUT2D eigenvalue weighted by atomic mass is 9.98. The second-order valence-corrected chi connectivity index (χ2v) is 8.77. The average Bonchev–Trinajstić information content (AvgIpc) is 3.22. The van der Waals surface area contributed by atoms with Crippen LogP contribution in [0.1, 0.15) is 53.2 Å². The van der Waals surface area contributed by atoms with Crippen LogP contribution in [0.3, 0.4) is 0 Å². The van der Waals surface area contributed by atoms with Crippen molar-refractivity contribution < 1.29 is 9.21 Å². The maximum atomic E-state index is 12.5. The Balaban J connectivity index is 1.43. The first kappa shape index (κ1) is 22.7. The topological polar surface area (TPSA) is 67.2 Å². The fraction of sp³-hybridized carbons (Fsp3) is 0.222. The molecule has 1 atom stereocenters. The van der Waals surface area contributed by atoms with E-state index in [0.717, 1.165) is 39.9 Å². The monoisotopic (exact) mass is 457 g/mol. The lowest BCUT2D eigenvalue weighted by Gasteiger charge is -2.11. The molecule has 0 bridgehead atoms. The molecule has 33 heavy (non-hydrogen) atoms. The highest BCUT2D eigenvalue weighted by Gasteiger charge is 2.13. The van der Waals surface area contributed by atoms with Gasteiger partial charge in [-0.15, -0.1) is 0 Å². The van der Waals surface area contributed by atoms with E-state index in [4.69, 9.17) is 16.6 Å². The zero-order valence-electron chi connectivity index (χ0n) is 19.2. The predicted octanol–water partition coefficient (Wildman–Crippen LogP) is 6.75. The number of benzene rings is 3. The third-order valence-electron chi connectivity index (χ3n) is 5.84. The Labute approximate surface area is 199 Å². The first-order valence-corrected chi connectivity index (χ1v) is 11.5. The van der Waals surface area contributed by atoms with Gasteiger partial charge >= 0.3 is 0 Å². The molecule has 1 amide bonds. The number of hydrogen-bond acceptors (Lipinski definition) is 4. The number of oxazole rings is 1. The van der Waals surface area contributed by atoms with Crippen LogP contribution in [-0.2, 0) is 0 Å². The molecule has 0 fully saturated rings. The van der Waals surface area contributed by atoms with Crippen molar-refractivity contribution >= 4 is 40.0 Å². The maximum absolute atomic E-state index is 12.5. The Morgan fingerprint density at radius 2 is 1.82 bits per heavy atom. The molecule has 6 heteroatoms. The predicted molar refractivity (Wildman–Crippen MR) is 138 cm³/mol. The summed E-state index contributed by atoms with van der Waals surface area (Å²) in [6, 6.07) is 19.5. The SMILES string of the molecule is CCC(C)c1ccc2oc(-c3ccc(NC(=S)NC(=O)c4ccc(C)cc4C)cc3)nc2c1. The van der Waals surface area contributed by atoms with E-state index in [2.05, 4.69) is 41.6 Å². The summed E-state index contributed by atoms with van der Waals surface area (Å²) in [6.07, 6.45) is 1.08. The summed E-state index contributed by atoms with van der Waals surface area (Å²) in [5.74, 6) is 0.826. The third-order valence-corrected chi connectivity index (χ3v) is 6.04. The molecular weight excluding hydrogens is 430 g/mol. The van der Waals surface area contributed by atoms with E-state index in [-0.39, 0.29) is 11.0 Å². The second kappa shape index (κ2) is 9.55. The van der Waals surface area contributed by atoms with Gasteiger partial charge in [0.15, 0.2) is 10.7 Å².